The zero-order chi connectivity index (χ0) is 13.4. The fraction of sp³-hybridized carbons (Fsp3) is 0. The minimum Gasteiger partial charge on any atom is -0.345 e. The fourth-order valence-electron chi connectivity index (χ4n) is 1.89. The number of rotatable bonds is 2. The number of halogens is 2. The Morgan fingerprint density at radius 1 is 1.11 bits per heavy atom. The van der Waals surface area contributed by atoms with E-state index in [2.05, 4.69) is 15.0 Å². The van der Waals surface area contributed by atoms with Crippen molar-refractivity contribution in [3.8, 4) is 0 Å². The molecule has 2 aromatic heterocycles. The lowest BCUT2D eigenvalue weighted by molar-refractivity contribution is 0.104. The van der Waals surface area contributed by atoms with Gasteiger partial charge in [-0.1, -0.05) is 35.3 Å². The van der Waals surface area contributed by atoms with Crippen LogP contribution in [-0.2, 0) is 0 Å². The number of nitrogens with zero attached hydrogens (tertiary/aromatic N) is 2. The van der Waals surface area contributed by atoms with Crippen molar-refractivity contribution < 1.29 is 4.79 Å². The van der Waals surface area contributed by atoms with Gasteiger partial charge < -0.3 is 4.98 Å². The molecule has 0 fully saturated rings. The minimum atomic E-state index is -0.214. The molecule has 2 heterocycles. The number of fused-ring (bicyclic) bond motifs is 1. The minimum absolute atomic E-state index is 0.214. The van der Waals surface area contributed by atoms with Crippen LogP contribution in [0.1, 0.15) is 15.9 Å². The van der Waals surface area contributed by atoms with Gasteiger partial charge in [0.15, 0.2) is 5.78 Å². The molecule has 0 atom stereocenters. The molecule has 0 aliphatic rings. The highest BCUT2D eigenvalue weighted by molar-refractivity contribution is 6.38. The van der Waals surface area contributed by atoms with E-state index >= 15 is 0 Å². The molecule has 0 unspecified atom stereocenters. The fourth-order valence-corrected chi connectivity index (χ4v) is 2.35. The van der Waals surface area contributed by atoms with Gasteiger partial charge in [-0.15, -0.1) is 0 Å². The Bertz CT molecular complexity index is 782. The number of benzene rings is 1. The lowest BCUT2D eigenvalue weighted by Gasteiger charge is -2.02. The second-order valence-electron chi connectivity index (χ2n) is 3.90. The first kappa shape index (κ1) is 12.1. The highest BCUT2D eigenvalue weighted by atomic mass is 35.5. The van der Waals surface area contributed by atoms with E-state index in [1.165, 1.54) is 6.33 Å². The molecular formula is C13H7Cl2N3O. The molecule has 4 nitrogen and oxygen atoms in total. The van der Waals surface area contributed by atoms with Crippen LogP contribution in [0, 0.1) is 0 Å². The third-order valence-corrected chi connectivity index (χ3v) is 3.40. The Kier molecular flexibility index (Phi) is 2.97. The standard InChI is InChI=1S/C13H7Cl2N3O/c14-9-4-2-1-3-7(9)11(19)8-5-16-13-10(8)12(15)17-6-18-13/h1-6H,(H,16,17,18). The maximum atomic E-state index is 12.5. The maximum Gasteiger partial charge on any atom is 0.196 e. The first-order valence-electron chi connectivity index (χ1n) is 5.45. The van der Waals surface area contributed by atoms with Crippen LogP contribution in [0.25, 0.3) is 11.0 Å². The number of carbonyl (C=O) groups is 1. The van der Waals surface area contributed by atoms with Gasteiger partial charge in [-0.3, -0.25) is 4.79 Å². The van der Waals surface area contributed by atoms with Gasteiger partial charge in [-0.05, 0) is 12.1 Å². The molecule has 19 heavy (non-hydrogen) atoms. The number of hydrogen-bond acceptors (Lipinski definition) is 3. The normalized spacial score (nSPS) is 10.8. The zero-order valence-corrected chi connectivity index (χ0v) is 11.0. The average molecular weight is 292 g/mol. The molecule has 3 rings (SSSR count). The van der Waals surface area contributed by atoms with E-state index in [0.29, 0.717) is 27.2 Å². The molecule has 0 spiro atoms. The van der Waals surface area contributed by atoms with Crippen LogP contribution in [-0.4, -0.2) is 20.7 Å². The summed E-state index contributed by atoms with van der Waals surface area (Å²) in [5.41, 5.74) is 1.36. The third kappa shape index (κ3) is 1.99. The van der Waals surface area contributed by atoms with E-state index in [9.17, 15) is 4.79 Å². The topological polar surface area (TPSA) is 58.6 Å². The number of carbonyl (C=O) groups excluding carboxylic acids is 1. The average Bonchev–Trinajstić information content (AvgIpc) is 2.84. The van der Waals surface area contributed by atoms with E-state index in [1.807, 2.05) is 0 Å². The van der Waals surface area contributed by atoms with Crippen molar-refractivity contribution in [2.24, 2.45) is 0 Å². The summed E-state index contributed by atoms with van der Waals surface area (Å²) in [6.07, 6.45) is 2.90. The number of ketones is 1. The SMILES string of the molecule is O=C(c1ccccc1Cl)c1c[nH]c2ncnc(Cl)c12. The third-order valence-electron chi connectivity index (χ3n) is 2.79. The molecule has 0 saturated carbocycles. The number of H-pyrrole nitrogens is 1. The molecule has 0 saturated heterocycles. The van der Waals surface area contributed by atoms with Crippen LogP contribution in [0.3, 0.4) is 0 Å². The largest absolute Gasteiger partial charge is 0.345 e. The van der Waals surface area contributed by atoms with Crippen LogP contribution in [0.4, 0.5) is 0 Å². The quantitative estimate of drug-likeness (QED) is 0.581. The number of aromatic nitrogens is 3. The van der Waals surface area contributed by atoms with E-state index in [4.69, 9.17) is 23.2 Å². The van der Waals surface area contributed by atoms with Gasteiger partial charge in [0.05, 0.1) is 16.0 Å². The number of aromatic amines is 1. The second kappa shape index (κ2) is 4.64. The molecule has 0 aliphatic heterocycles. The Hall–Kier alpha value is -1.91. The first-order chi connectivity index (χ1) is 9.18. The van der Waals surface area contributed by atoms with Gasteiger partial charge in [0.25, 0.3) is 0 Å². The van der Waals surface area contributed by atoms with Gasteiger partial charge in [0.2, 0.25) is 0 Å². The summed E-state index contributed by atoms with van der Waals surface area (Å²) in [5.74, 6) is -0.214. The summed E-state index contributed by atoms with van der Waals surface area (Å²) in [4.78, 5) is 23.3. The Balaban J connectivity index is 2.21. The predicted molar refractivity (Wildman–Crippen MR) is 73.8 cm³/mol. The summed E-state index contributed by atoms with van der Waals surface area (Å²) in [5, 5.41) is 1.14. The zero-order valence-electron chi connectivity index (χ0n) is 9.52. The molecular weight excluding hydrogens is 285 g/mol. The van der Waals surface area contributed by atoms with Gasteiger partial charge in [-0.25, -0.2) is 9.97 Å². The van der Waals surface area contributed by atoms with Crippen molar-refractivity contribution in [1.29, 1.82) is 0 Å². The molecule has 0 bridgehead atoms. The predicted octanol–water partition coefficient (Wildman–Crippen LogP) is 3.50. The van der Waals surface area contributed by atoms with E-state index in [0.717, 1.165) is 0 Å². The molecule has 94 valence electrons. The van der Waals surface area contributed by atoms with E-state index in [-0.39, 0.29) is 10.9 Å². The molecule has 1 aromatic carbocycles. The summed E-state index contributed by atoms with van der Waals surface area (Å²) in [6, 6.07) is 6.86. The summed E-state index contributed by atoms with van der Waals surface area (Å²) >= 11 is 12.1. The van der Waals surface area contributed by atoms with Crippen LogP contribution in [0.15, 0.2) is 36.8 Å². The van der Waals surface area contributed by atoms with Gasteiger partial charge in [0, 0.05) is 11.8 Å². The Morgan fingerprint density at radius 2 is 1.89 bits per heavy atom. The smallest absolute Gasteiger partial charge is 0.196 e. The van der Waals surface area contributed by atoms with E-state index < -0.39 is 0 Å². The maximum absolute atomic E-state index is 12.5. The lowest BCUT2D eigenvalue weighted by Crippen LogP contribution is -2.01. The summed E-state index contributed by atoms with van der Waals surface area (Å²) < 4.78 is 0. The summed E-state index contributed by atoms with van der Waals surface area (Å²) in [7, 11) is 0. The van der Waals surface area contributed by atoms with Crippen molar-refractivity contribution in [2.45, 2.75) is 0 Å². The lowest BCUT2D eigenvalue weighted by atomic mass is 10.0. The van der Waals surface area contributed by atoms with E-state index in [1.54, 1.807) is 30.5 Å². The van der Waals surface area contributed by atoms with Crippen LogP contribution in [0.5, 0.6) is 0 Å². The van der Waals surface area contributed by atoms with Crippen molar-refractivity contribution >= 4 is 40.0 Å². The molecule has 0 aliphatic carbocycles. The highest BCUT2D eigenvalue weighted by Gasteiger charge is 2.19. The molecule has 0 radical (unpaired) electrons. The van der Waals surface area contributed by atoms with Crippen molar-refractivity contribution in [3.05, 3.63) is 58.1 Å². The van der Waals surface area contributed by atoms with Gasteiger partial charge in [-0.2, -0.15) is 0 Å². The van der Waals surface area contributed by atoms with Crippen molar-refractivity contribution in [1.82, 2.24) is 15.0 Å². The Labute approximate surface area is 118 Å². The van der Waals surface area contributed by atoms with Crippen molar-refractivity contribution in [2.75, 3.05) is 0 Å². The van der Waals surface area contributed by atoms with Crippen LogP contribution in [0.2, 0.25) is 10.2 Å². The molecule has 0 amide bonds. The van der Waals surface area contributed by atoms with Crippen LogP contribution < -0.4 is 0 Å². The molecule has 3 aromatic rings. The Morgan fingerprint density at radius 3 is 2.68 bits per heavy atom. The monoisotopic (exact) mass is 291 g/mol. The summed E-state index contributed by atoms with van der Waals surface area (Å²) in [6.45, 7) is 0. The van der Waals surface area contributed by atoms with Gasteiger partial charge >= 0.3 is 0 Å². The van der Waals surface area contributed by atoms with Gasteiger partial charge in [0.1, 0.15) is 17.1 Å². The molecule has 1 N–H and O–H groups in total. The number of nitrogens with one attached hydrogen (secondary N) is 1. The number of hydrogen-bond donors (Lipinski definition) is 1. The highest BCUT2D eigenvalue weighted by Crippen LogP contribution is 2.27. The molecule has 6 heteroatoms. The van der Waals surface area contributed by atoms with Crippen LogP contribution >= 0.6 is 23.2 Å². The first-order valence-corrected chi connectivity index (χ1v) is 6.21. The van der Waals surface area contributed by atoms with Crippen molar-refractivity contribution in [3.63, 3.8) is 0 Å². The second-order valence-corrected chi connectivity index (χ2v) is 4.66.